The van der Waals surface area contributed by atoms with Crippen molar-refractivity contribution in [2.75, 3.05) is 5.32 Å². The number of rotatable bonds is 2. The predicted molar refractivity (Wildman–Crippen MR) is 74.4 cm³/mol. The third kappa shape index (κ3) is 1.94. The first-order valence-corrected chi connectivity index (χ1v) is 6.08. The summed E-state index contributed by atoms with van der Waals surface area (Å²) >= 11 is 0. The molecule has 0 aromatic heterocycles. The smallest absolute Gasteiger partial charge is 0.265 e. The molecular weight excluding hydrogens is 238 g/mol. The summed E-state index contributed by atoms with van der Waals surface area (Å²) in [6, 6.07) is 16.7. The Bertz CT molecular complexity index is 649. The Labute approximate surface area is 111 Å². The second-order valence-corrected chi connectivity index (χ2v) is 4.51. The van der Waals surface area contributed by atoms with E-state index in [1.54, 1.807) is 24.3 Å². The lowest BCUT2D eigenvalue weighted by Gasteiger charge is -2.15. The maximum atomic E-state index is 12.0. The van der Waals surface area contributed by atoms with E-state index in [1.807, 2.05) is 36.4 Å². The summed E-state index contributed by atoms with van der Waals surface area (Å²) in [5.41, 5.74) is 0.597. The third-order valence-electron chi connectivity index (χ3n) is 3.25. The van der Waals surface area contributed by atoms with Gasteiger partial charge in [0, 0.05) is 11.3 Å². The van der Waals surface area contributed by atoms with E-state index in [2.05, 4.69) is 5.32 Å². The van der Waals surface area contributed by atoms with Crippen LogP contribution in [0.1, 0.15) is 11.1 Å². The van der Waals surface area contributed by atoms with Crippen molar-refractivity contribution in [3.8, 4) is 0 Å². The SMILES string of the molecule is O=C1Nc2ccccc2[C@]1(O)/C=C/c1ccccc1. The first-order chi connectivity index (χ1) is 9.20. The van der Waals surface area contributed by atoms with Crippen LogP contribution in [0.3, 0.4) is 0 Å². The lowest BCUT2D eigenvalue weighted by molar-refractivity contribution is -0.129. The lowest BCUT2D eigenvalue weighted by atomic mass is 9.94. The first-order valence-electron chi connectivity index (χ1n) is 6.08. The van der Waals surface area contributed by atoms with Crippen molar-refractivity contribution >= 4 is 17.7 Å². The van der Waals surface area contributed by atoms with Crippen molar-refractivity contribution in [2.24, 2.45) is 0 Å². The molecule has 2 N–H and O–H groups in total. The van der Waals surface area contributed by atoms with Crippen molar-refractivity contribution in [3.63, 3.8) is 0 Å². The average molecular weight is 251 g/mol. The standard InChI is InChI=1S/C16H13NO2/c18-15-16(19,11-10-12-6-2-1-3-7-12)13-8-4-5-9-14(13)17-15/h1-11,19H,(H,17,18)/b11-10+/t16-/m1/s1. The van der Waals surface area contributed by atoms with Gasteiger partial charge in [0.2, 0.25) is 0 Å². The molecule has 0 unspecified atom stereocenters. The highest BCUT2D eigenvalue weighted by molar-refractivity contribution is 6.06. The number of nitrogens with one attached hydrogen (secondary N) is 1. The monoisotopic (exact) mass is 251 g/mol. The van der Waals surface area contributed by atoms with Gasteiger partial charge in [-0.15, -0.1) is 0 Å². The molecule has 0 radical (unpaired) electrons. The zero-order valence-corrected chi connectivity index (χ0v) is 10.2. The number of hydrogen-bond donors (Lipinski definition) is 2. The Morgan fingerprint density at radius 1 is 1.00 bits per heavy atom. The van der Waals surface area contributed by atoms with Gasteiger partial charge in [-0.2, -0.15) is 0 Å². The molecule has 3 heteroatoms. The van der Waals surface area contributed by atoms with Crippen LogP contribution in [0.4, 0.5) is 5.69 Å². The average Bonchev–Trinajstić information content (AvgIpc) is 2.71. The molecular formula is C16H13NO2. The van der Waals surface area contributed by atoms with Crippen LogP contribution in [0.15, 0.2) is 60.7 Å². The Kier molecular flexibility index (Phi) is 2.69. The molecule has 19 heavy (non-hydrogen) atoms. The fraction of sp³-hybridized carbons (Fsp3) is 0.0625. The van der Waals surface area contributed by atoms with Crippen molar-refractivity contribution in [1.29, 1.82) is 0 Å². The van der Waals surface area contributed by atoms with Gasteiger partial charge in [0.15, 0.2) is 5.60 Å². The zero-order valence-electron chi connectivity index (χ0n) is 10.2. The van der Waals surface area contributed by atoms with Crippen LogP contribution in [0.2, 0.25) is 0 Å². The Balaban J connectivity index is 2.00. The number of carbonyl (C=O) groups excluding carboxylic acids is 1. The molecule has 0 bridgehead atoms. The zero-order chi connectivity index (χ0) is 13.3. The summed E-state index contributed by atoms with van der Waals surface area (Å²) in [4.78, 5) is 12.0. The molecule has 2 aromatic rings. The molecule has 0 saturated heterocycles. The van der Waals surface area contributed by atoms with E-state index in [0.717, 1.165) is 5.56 Å². The molecule has 1 aliphatic heterocycles. The van der Waals surface area contributed by atoms with Gasteiger partial charge < -0.3 is 10.4 Å². The van der Waals surface area contributed by atoms with Crippen molar-refractivity contribution in [2.45, 2.75) is 5.60 Å². The molecule has 1 heterocycles. The topological polar surface area (TPSA) is 49.3 Å². The summed E-state index contributed by atoms with van der Waals surface area (Å²) in [6.07, 6.45) is 3.28. The number of benzene rings is 2. The number of hydrogen-bond acceptors (Lipinski definition) is 2. The van der Waals surface area contributed by atoms with Gasteiger partial charge in [-0.25, -0.2) is 0 Å². The number of amides is 1. The van der Waals surface area contributed by atoms with Crippen LogP contribution < -0.4 is 5.32 Å². The summed E-state index contributed by atoms with van der Waals surface area (Å²) < 4.78 is 0. The highest BCUT2D eigenvalue weighted by Gasteiger charge is 2.42. The molecule has 3 rings (SSSR count). The quantitative estimate of drug-likeness (QED) is 0.861. The molecule has 0 spiro atoms. The largest absolute Gasteiger partial charge is 0.372 e. The van der Waals surface area contributed by atoms with Crippen molar-refractivity contribution in [1.82, 2.24) is 0 Å². The molecule has 0 aliphatic carbocycles. The van der Waals surface area contributed by atoms with Crippen LogP contribution in [0.5, 0.6) is 0 Å². The van der Waals surface area contributed by atoms with Gasteiger partial charge in [0.25, 0.3) is 5.91 Å². The first kappa shape index (κ1) is 11.7. The van der Waals surface area contributed by atoms with Gasteiger partial charge in [-0.1, -0.05) is 54.6 Å². The van der Waals surface area contributed by atoms with E-state index in [1.165, 1.54) is 6.08 Å². The minimum atomic E-state index is -1.59. The molecule has 1 atom stereocenters. The van der Waals surface area contributed by atoms with E-state index < -0.39 is 11.5 Å². The van der Waals surface area contributed by atoms with Crippen LogP contribution >= 0.6 is 0 Å². The van der Waals surface area contributed by atoms with E-state index in [9.17, 15) is 9.90 Å². The van der Waals surface area contributed by atoms with Crippen LogP contribution in [-0.4, -0.2) is 11.0 Å². The number of carbonyl (C=O) groups is 1. The molecule has 1 aliphatic rings. The molecule has 94 valence electrons. The maximum Gasteiger partial charge on any atom is 0.265 e. The van der Waals surface area contributed by atoms with Gasteiger partial charge in [0.05, 0.1) is 0 Å². The summed E-state index contributed by atoms with van der Waals surface area (Å²) in [5.74, 6) is -0.416. The number of para-hydroxylation sites is 1. The number of aliphatic hydroxyl groups is 1. The summed E-state index contributed by atoms with van der Waals surface area (Å²) in [5, 5.41) is 13.3. The Morgan fingerprint density at radius 3 is 2.47 bits per heavy atom. The van der Waals surface area contributed by atoms with Gasteiger partial charge in [-0.05, 0) is 17.7 Å². The lowest BCUT2D eigenvalue weighted by Crippen LogP contribution is -2.31. The molecule has 0 fully saturated rings. The van der Waals surface area contributed by atoms with E-state index in [-0.39, 0.29) is 0 Å². The van der Waals surface area contributed by atoms with Gasteiger partial charge >= 0.3 is 0 Å². The fourth-order valence-electron chi connectivity index (χ4n) is 2.21. The van der Waals surface area contributed by atoms with E-state index in [4.69, 9.17) is 0 Å². The molecule has 3 nitrogen and oxygen atoms in total. The van der Waals surface area contributed by atoms with Crippen LogP contribution in [-0.2, 0) is 10.4 Å². The van der Waals surface area contributed by atoms with Crippen molar-refractivity contribution in [3.05, 3.63) is 71.8 Å². The second-order valence-electron chi connectivity index (χ2n) is 4.51. The minimum Gasteiger partial charge on any atom is -0.372 e. The molecule has 1 amide bonds. The number of fused-ring (bicyclic) bond motifs is 1. The van der Waals surface area contributed by atoms with Gasteiger partial charge in [0.1, 0.15) is 0 Å². The maximum absolute atomic E-state index is 12.0. The van der Waals surface area contributed by atoms with Crippen LogP contribution in [0.25, 0.3) is 6.08 Å². The molecule has 2 aromatic carbocycles. The Morgan fingerprint density at radius 2 is 1.68 bits per heavy atom. The predicted octanol–water partition coefficient (Wildman–Crippen LogP) is 2.54. The third-order valence-corrected chi connectivity index (χ3v) is 3.25. The normalized spacial score (nSPS) is 21.4. The van der Waals surface area contributed by atoms with Gasteiger partial charge in [-0.3, -0.25) is 4.79 Å². The highest BCUT2D eigenvalue weighted by atomic mass is 16.3. The summed E-state index contributed by atoms with van der Waals surface area (Å²) in [6.45, 7) is 0. The fourth-order valence-corrected chi connectivity index (χ4v) is 2.21. The van der Waals surface area contributed by atoms with E-state index in [0.29, 0.717) is 11.3 Å². The Hall–Kier alpha value is -2.39. The summed E-state index contributed by atoms with van der Waals surface area (Å²) in [7, 11) is 0. The second kappa shape index (κ2) is 4.37. The minimum absolute atomic E-state index is 0.416. The van der Waals surface area contributed by atoms with Crippen LogP contribution in [0, 0.1) is 0 Å². The molecule has 0 saturated carbocycles. The van der Waals surface area contributed by atoms with Crippen molar-refractivity contribution < 1.29 is 9.90 Å². The highest BCUT2D eigenvalue weighted by Crippen LogP contribution is 2.36. The van der Waals surface area contributed by atoms with E-state index >= 15 is 0 Å². The number of anilines is 1.